The maximum atomic E-state index is 12.6. The predicted molar refractivity (Wildman–Crippen MR) is 124 cm³/mol. The number of carbonyl (C=O) groups excluding carboxylic acids is 1. The third-order valence-electron chi connectivity index (χ3n) is 4.65. The number of aromatic amines is 1. The monoisotopic (exact) mass is 462 g/mol. The normalized spacial score (nSPS) is 11.5. The lowest BCUT2D eigenvalue weighted by molar-refractivity contribution is -0.131. The van der Waals surface area contributed by atoms with E-state index in [0.29, 0.717) is 28.1 Å². The Morgan fingerprint density at radius 1 is 0.909 bits per heavy atom. The number of nitrogens with zero attached hydrogens (tertiary/aromatic N) is 1. The van der Waals surface area contributed by atoms with Gasteiger partial charge in [0, 0.05) is 28.8 Å². The lowest BCUT2D eigenvalue weighted by atomic mass is 10.1. The quantitative estimate of drug-likeness (QED) is 0.309. The molecule has 0 fully saturated rings. The second-order valence-electron chi connectivity index (χ2n) is 6.99. The zero-order valence-electron chi connectivity index (χ0n) is 17.0. The minimum Gasteiger partial charge on any atom is -0.478 e. The summed E-state index contributed by atoms with van der Waals surface area (Å²) in [5.41, 5.74) is 2.79. The van der Waals surface area contributed by atoms with Gasteiger partial charge in [-0.25, -0.2) is 13.2 Å². The van der Waals surface area contributed by atoms with Crippen LogP contribution >= 0.6 is 0 Å². The summed E-state index contributed by atoms with van der Waals surface area (Å²) in [5.74, 6) is -1.79. The SMILES string of the molecule is O=C(O)/C=C\C(=O)Nc1cccc(-c2n[nH]c3cc(NS(=O)(=O)c4ccccc4)ccc23)c1. The third kappa shape index (κ3) is 5.08. The maximum absolute atomic E-state index is 12.6. The van der Waals surface area contributed by atoms with Gasteiger partial charge in [0.15, 0.2) is 0 Å². The number of rotatable bonds is 7. The number of fused-ring (bicyclic) bond motifs is 1. The molecule has 0 atom stereocenters. The predicted octanol–water partition coefficient (Wildman–Crippen LogP) is 3.61. The van der Waals surface area contributed by atoms with E-state index in [0.717, 1.165) is 17.5 Å². The Morgan fingerprint density at radius 2 is 1.70 bits per heavy atom. The number of hydrogen-bond donors (Lipinski definition) is 4. The Hall–Kier alpha value is -4.44. The number of carbonyl (C=O) groups is 2. The highest BCUT2D eigenvalue weighted by Crippen LogP contribution is 2.30. The largest absolute Gasteiger partial charge is 0.478 e. The van der Waals surface area contributed by atoms with Crippen molar-refractivity contribution < 1.29 is 23.1 Å². The average molecular weight is 462 g/mol. The zero-order chi connectivity index (χ0) is 23.4. The Morgan fingerprint density at radius 3 is 2.45 bits per heavy atom. The minimum atomic E-state index is -3.72. The second-order valence-corrected chi connectivity index (χ2v) is 8.68. The average Bonchev–Trinajstić information content (AvgIpc) is 3.21. The molecule has 0 aliphatic heterocycles. The summed E-state index contributed by atoms with van der Waals surface area (Å²) >= 11 is 0. The molecule has 0 saturated carbocycles. The summed E-state index contributed by atoms with van der Waals surface area (Å²) in [5, 5.41) is 19.2. The Bertz CT molecular complexity index is 1480. The van der Waals surface area contributed by atoms with E-state index in [1.54, 1.807) is 54.6 Å². The van der Waals surface area contributed by atoms with Gasteiger partial charge < -0.3 is 10.4 Å². The van der Waals surface area contributed by atoms with E-state index in [1.165, 1.54) is 12.1 Å². The van der Waals surface area contributed by atoms with Crippen molar-refractivity contribution in [2.24, 2.45) is 0 Å². The molecule has 0 unspecified atom stereocenters. The van der Waals surface area contributed by atoms with E-state index >= 15 is 0 Å². The van der Waals surface area contributed by atoms with E-state index in [9.17, 15) is 18.0 Å². The van der Waals surface area contributed by atoms with Gasteiger partial charge >= 0.3 is 5.97 Å². The van der Waals surface area contributed by atoms with Crippen LogP contribution in [0, 0.1) is 0 Å². The van der Waals surface area contributed by atoms with E-state index in [-0.39, 0.29) is 4.90 Å². The number of carboxylic acids is 1. The number of aromatic nitrogens is 2. The van der Waals surface area contributed by atoms with Crippen LogP contribution in [0.25, 0.3) is 22.2 Å². The number of benzene rings is 3. The van der Waals surface area contributed by atoms with Crippen LogP contribution in [-0.2, 0) is 19.6 Å². The van der Waals surface area contributed by atoms with Crippen molar-refractivity contribution >= 4 is 44.2 Å². The molecule has 0 bridgehead atoms. The first kappa shape index (κ1) is 21.8. The van der Waals surface area contributed by atoms with Crippen LogP contribution in [0.3, 0.4) is 0 Å². The van der Waals surface area contributed by atoms with Gasteiger partial charge in [-0.2, -0.15) is 5.10 Å². The van der Waals surface area contributed by atoms with E-state index < -0.39 is 21.9 Å². The number of hydrogen-bond acceptors (Lipinski definition) is 5. The van der Waals surface area contributed by atoms with E-state index in [2.05, 4.69) is 20.2 Å². The molecule has 9 nitrogen and oxygen atoms in total. The number of sulfonamides is 1. The first-order chi connectivity index (χ1) is 15.8. The molecule has 0 saturated heterocycles. The fourth-order valence-corrected chi connectivity index (χ4v) is 4.26. The number of carboxylic acid groups (broad SMARTS) is 1. The Labute approximate surface area is 188 Å². The van der Waals surface area contributed by atoms with Crippen LogP contribution in [0.1, 0.15) is 0 Å². The van der Waals surface area contributed by atoms with Crippen molar-refractivity contribution in [2.45, 2.75) is 4.90 Å². The summed E-state index contributed by atoms with van der Waals surface area (Å²) in [6.45, 7) is 0. The Kier molecular flexibility index (Phi) is 5.92. The number of anilines is 2. The molecule has 4 N–H and O–H groups in total. The van der Waals surface area contributed by atoms with Crippen LogP contribution in [0.15, 0.2) is 89.8 Å². The van der Waals surface area contributed by atoms with Crippen molar-refractivity contribution in [3.8, 4) is 11.3 Å². The third-order valence-corrected chi connectivity index (χ3v) is 6.05. The minimum absolute atomic E-state index is 0.160. The lowest BCUT2D eigenvalue weighted by Gasteiger charge is -2.08. The van der Waals surface area contributed by atoms with Crippen molar-refractivity contribution in [1.82, 2.24) is 10.2 Å². The summed E-state index contributed by atoms with van der Waals surface area (Å²) in [6, 6.07) is 20.0. The van der Waals surface area contributed by atoms with Gasteiger partial charge in [-0.3, -0.25) is 14.6 Å². The number of aliphatic carboxylic acids is 1. The number of nitrogens with one attached hydrogen (secondary N) is 3. The molecule has 1 amide bonds. The molecular formula is C23H18N4O5S. The summed E-state index contributed by atoms with van der Waals surface area (Å²) in [6.07, 6.45) is 1.68. The molecule has 0 spiro atoms. The van der Waals surface area contributed by atoms with Gasteiger partial charge in [-0.15, -0.1) is 0 Å². The van der Waals surface area contributed by atoms with Crippen LogP contribution in [-0.4, -0.2) is 35.6 Å². The van der Waals surface area contributed by atoms with Crippen molar-refractivity contribution in [3.63, 3.8) is 0 Å². The number of H-pyrrole nitrogens is 1. The molecule has 4 aromatic rings. The molecule has 166 valence electrons. The lowest BCUT2D eigenvalue weighted by Crippen LogP contribution is -2.12. The fraction of sp³-hybridized carbons (Fsp3) is 0. The van der Waals surface area contributed by atoms with Crippen LogP contribution in [0.4, 0.5) is 11.4 Å². The Balaban J connectivity index is 1.58. The highest BCUT2D eigenvalue weighted by molar-refractivity contribution is 7.92. The zero-order valence-corrected chi connectivity index (χ0v) is 17.8. The van der Waals surface area contributed by atoms with Crippen molar-refractivity contribution in [1.29, 1.82) is 0 Å². The first-order valence-corrected chi connectivity index (χ1v) is 11.2. The van der Waals surface area contributed by atoms with E-state index in [4.69, 9.17) is 5.11 Å². The second kappa shape index (κ2) is 8.97. The summed E-state index contributed by atoms with van der Waals surface area (Å²) in [7, 11) is -3.72. The maximum Gasteiger partial charge on any atom is 0.328 e. The van der Waals surface area contributed by atoms with E-state index in [1.807, 2.05) is 6.07 Å². The molecule has 0 aliphatic carbocycles. The molecular weight excluding hydrogens is 444 g/mol. The molecule has 4 rings (SSSR count). The summed E-state index contributed by atoms with van der Waals surface area (Å²) < 4.78 is 27.7. The molecule has 0 aliphatic rings. The van der Waals surface area contributed by atoms with Gasteiger partial charge in [0.2, 0.25) is 5.91 Å². The number of amides is 1. The molecule has 3 aromatic carbocycles. The van der Waals surface area contributed by atoms with Crippen molar-refractivity contribution in [3.05, 3.63) is 84.9 Å². The molecule has 33 heavy (non-hydrogen) atoms. The van der Waals surface area contributed by atoms with Crippen LogP contribution in [0.5, 0.6) is 0 Å². The first-order valence-electron chi connectivity index (χ1n) is 9.70. The van der Waals surface area contributed by atoms with Gasteiger partial charge in [0.05, 0.1) is 21.8 Å². The van der Waals surface area contributed by atoms with Gasteiger partial charge in [-0.05, 0) is 42.5 Å². The fourth-order valence-electron chi connectivity index (χ4n) is 3.19. The van der Waals surface area contributed by atoms with Crippen LogP contribution in [0.2, 0.25) is 0 Å². The van der Waals surface area contributed by atoms with Crippen LogP contribution < -0.4 is 10.0 Å². The molecule has 0 radical (unpaired) electrons. The van der Waals surface area contributed by atoms with Crippen molar-refractivity contribution in [2.75, 3.05) is 10.0 Å². The highest BCUT2D eigenvalue weighted by atomic mass is 32.2. The molecule has 1 heterocycles. The highest BCUT2D eigenvalue weighted by Gasteiger charge is 2.15. The smallest absolute Gasteiger partial charge is 0.328 e. The molecule has 1 aromatic heterocycles. The standard InChI is InChI=1S/C23H18N4O5S/c28-21(11-12-22(29)30)24-16-6-4-5-15(13-16)23-19-10-9-17(14-20(19)25-26-23)27-33(31,32)18-7-2-1-3-8-18/h1-14,27H,(H,24,28)(H,25,26)(H,29,30)/b12-11-. The van der Waals surface area contributed by atoms with Gasteiger partial charge in [0.25, 0.3) is 10.0 Å². The topological polar surface area (TPSA) is 141 Å². The summed E-state index contributed by atoms with van der Waals surface area (Å²) in [4.78, 5) is 22.5. The van der Waals surface area contributed by atoms with Gasteiger partial charge in [0.1, 0.15) is 0 Å². The van der Waals surface area contributed by atoms with Gasteiger partial charge in [-0.1, -0.05) is 30.3 Å². The molecule has 10 heteroatoms.